The molecule has 90 valence electrons. The lowest BCUT2D eigenvalue weighted by Crippen LogP contribution is -2.00. The first-order valence-electron chi connectivity index (χ1n) is 6.07. The van der Waals surface area contributed by atoms with Crippen LogP contribution in [0.25, 0.3) is 0 Å². The number of nitrogens with zero attached hydrogens (tertiary/aromatic N) is 4. The summed E-state index contributed by atoms with van der Waals surface area (Å²) in [5.74, 6) is 2.32. The Hall–Kier alpha value is -1.65. The second kappa shape index (κ2) is 3.98. The van der Waals surface area contributed by atoms with Crippen molar-refractivity contribution in [1.82, 2.24) is 20.0 Å². The Kier molecular flexibility index (Phi) is 2.46. The Labute approximate surface area is 99.8 Å². The van der Waals surface area contributed by atoms with Crippen LogP contribution in [-0.2, 0) is 6.54 Å². The normalized spacial score (nSPS) is 15.7. The lowest BCUT2D eigenvalue weighted by atomic mass is 10.2. The second-order valence-corrected chi connectivity index (χ2v) is 4.93. The summed E-state index contributed by atoms with van der Waals surface area (Å²) in [5, 5.41) is 12.3. The molecule has 1 fully saturated rings. The Bertz CT molecular complexity index is 472. The quantitative estimate of drug-likeness (QED) is 0.811. The second-order valence-electron chi connectivity index (χ2n) is 4.93. The van der Waals surface area contributed by atoms with E-state index in [0.29, 0.717) is 18.3 Å². The van der Waals surface area contributed by atoms with Crippen molar-refractivity contribution in [2.75, 3.05) is 0 Å². The summed E-state index contributed by atoms with van der Waals surface area (Å²) in [7, 11) is 0. The van der Waals surface area contributed by atoms with Crippen molar-refractivity contribution < 1.29 is 4.42 Å². The lowest BCUT2D eigenvalue weighted by molar-refractivity contribution is 0.415. The molecule has 0 radical (unpaired) electrons. The fraction of sp³-hybridized carbons (Fsp3) is 0.583. The van der Waals surface area contributed by atoms with Crippen LogP contribution in [0.3, 0.4) is 0 Å². The molecule has 0 spiro atoms. The third-order valence-corrected chi connectivity index (χ3v) is 2.98. The van der Waals surface area contributed by atoms with E-state index in [1.54, 1.807) is 0 Å². The Balaban J connectivity index is 1.71. The first kappa shape index (κ1) is 10.5. The number of hydrogen-bond acceptors (Lipinski definition) is 4. The van der Waals surface area contributed by atoms with E-state index in [2.05, 4.69) is 21.5 Å². The van der Waals surface area contributed by atoms with Gasteiger partial charge in [-0.1, -0.05) is 13.8 Å². The zero-order chi connectivity index (χ0) is 11.8. The van der Waals surface area contributed by atoms with Gasteiger partial charge in [-0.15, -0.1) is 10.2 Å². The molecule has 0 bridgehead atoms. The van der Waals surface area contributed by atoms with Crippen molar-refractivity contribution in [2.45, 2.75) is 45.1 Å². The van der Waals surface area contributed by atoms with Crippen LogP contribution >= 0.6 is 0 Å². The highest BCUT2D eigenvalue weighted by Crippen LogP contribution is 2.39. The maximum Gasteiger partial charge on any atom is 0.237 e. The van der Waals surface area contributed by atoms with Crippen molar-refractivity contribution in [1.29, 1.82) is 0 Å². The summed E-state index contributed by atoms with van der Waals surface area (Å²) in [6.07, 6.45) is 6.61. The van der Waals surface area contributed by atoms with Crippen LogP contribution in [0.5, 0.6) is 0 Å². The molecular formula is C12H16N4O. The zero-order valence-electron chi connectivity index (χ0n) is 10.1. The maximum atomic E-state index is 5.55. The van der Waals surface area contributed by atoms with Crippen molar-refractivity contribution in [3.05, 3.63) is 29.7 Å². The van der Waals surface area contributed by atoms with Gasteiger partial charge < -0.3 is 4.42 Å². The van der Waals surface area contributed by atoms with Gasteiger partial charge in [0.05, 0.1) is 6.20 Å². The van der Waals surface area contributed by atoms with Gasteiger partial charge >= 0.3 is 0 Å². The molecule has 5 nitrogen and oxygen atoms in total. The van der Waals surface area contributed by atoms with Crippen LogP contribution < -0.4 is 0 Å². The summed E-state index contributed by atoms with van der Waals surface area (Å²) < 4.78 is 7.42. The molecule has 0 unspecified atom stereocenters. The standard InChI is InChI=1S/C12H16N4O/c1-8(2)12-15-14-11(17-12)7-16-6-10(5-13-16)9-3-4-9/h5-6,8-9H,3-4,7H2,1-2H3. The first-order valence-corrected chi connectivity index (χ1v) is 6.07. The van der Waals surface area contributed by atoms with Crippen molar-refractivity contribution in [3.63, 3.8) is 0 Å². The molecule has 1 aliphatic rings. The Morgan fingerprint density at radius 3 is 2.88 bits per heavy atom. The predicted octanol–water partition coefficient (Wildman–Crippen LogP) is 2.32. The average Bonchev–Trinajstić information content (AvgIpc) is 2.87. The van der Waals surface area contributed by atoms with E-state index in [9.17, 15) is 0 Å². The van der Waals surface area contributed by atoms with Crippen molar-refractivity contribution >= 4 is 0 Å². The number of hydrogen-bond donors (Lipinski definition) is 0. The van der Waals surface area contributed by atoms with Crippen LogP contribution in [0.1, 0.15) is 55.9 Å². The molecule has 3 rings (SSSR count). The van der Waals surface area contributed by atoms with Crippen LogP contribution in [-0.4, -0.2) is 20.0 Å². The van der Waals surface area contributed by atoms with Gasteiger partial charge in [0.15, 0.2) is 0 Å². The highest BCUT2D eigenvalue weighted by Gasteiger charge is 2.24. The zero-order valence-corrected chi connectivity index (χ0v) is 10.1. The molecule has 0 atom stereocenters. The molecule has 0 aromatic carbocycles. The molecule has 5 heteroatoms. The summed E-state index contributed by atoms with van der Waals surface area (Å²) >= 11 is 0. The molecule has 2 aromatic heterocycles. The number of aromatic nitrogens is 4. The minimum absolute atomic E-state index is 0.274. The summed E-state index contributed by atoms with van der Waals surface area (Å²) in [5.41, 5.74) is 1.33. The monoisotopic (exact) mass is 232 g/mol. The Morgan fingerprint density at radius 2 is 2.24 bits per heavy atom. The van der Waals surface area contributed by atoms with Crippen LogP contribution in [0.15, 0.2) is 16.8 Å². The molecule has 0 N–H and O–H groups in total. The van der Waals surface area contributed by atoms with E-state index in [4.69, 9.17) is 4.42 Å². The van der Waals surface area contributed by atoms with Gasteiger partial charge in [-0.2, -0.15) is 5.10 Å². The molecule has 1 aliphatic carbocycles. The van der Waals surface area contributed by atoms with E-state index < -0.39 is 0 Å². The van der Waals surface area contributed by atoms with Crippen molar-refractivity contribution in [2.24, 2.45) is 0 Å². The van der Waals surface area contributed by atoms with E-state index in [1.165, 1.54) is 18.4 Å². The van der Waals surface area contributed by atoms with Crippen molar-refractivity contribution in [3.8, 4) is 0 Å². The van der Waals surface area contributed by atoms with E-state index >= 15 is 0 Å². The van der Waals surface area contributed by atoms with Gasteiger partial charge in [0.1, 0.15) is 6.54 Å². The third kappa shape index (κ3) is 2.23. The van der Waals surface area contributed by atoms with Gasteiger partial charge in [0.2, 0.25) is 11.8 Å². The summed E-state index contributed by atoms with van der Waals surface area (Å²) in [6, 6.07) is 0. The highest BCUT2D eigenvalue weighted by molar-refractivity contribution is 5.16. The molecule has 0 aliphatic heterocycles. The van der Waals surface area contributed by atoms with E-state index in [-0.39, 0.29) is 5.92 Å². The average molecular weight is 232 g/mol. The first-order chi connectivity index (χ1) is 8.22. The third-order valence-electron chi connectivity index (χ3n) is 2.98. The van der Waals surface area contributed by atoms with Crippen LogP contribution in [0.4, 0.5) is 0 Å². The highest BCUT2D eigenvalue weighted by atomic mass is 16.4. The van der Waals surface area contributed by atoms with Crippen LogP contribution in [0, 0.1) is 0 Å². The minimum atomic E-state index is 0.274. The SMILES string of the molecule is CC(C)c1nnc(Cn2cc(C3CC3)cn2)o1. The summed E-state index contributed by atoms with van der Waals surface area (Å²) in [6.45, 7) is 4.64. The molecule has 2 heterocycles. The van der Waals surface area contributed by atoms with Crippen LogP contribution in [0.2, 0.25) is 0 Å². The fourth-order valence-electron chi connectivity index (χ4n) is 1.80. The number of rotatable bonds is 4. The predicted molar refractivity (Wildman–Crippen MR) is 61.7 cm³/mol. The van der Waals surface area contributed by atoms with Gasteiger partial charge in [-0.25, -0.2) is 0 Å². The lowest BCUT2D eigenvalue weighted by Gasteiger charge is -1.96. The fourth-order valence-corrected chi connectivity index (χ4v) is 1.80. The molecule has 17 heavy (non-hydrogen) atoms. The molecule has 2 aromatic rings. The largest absolute Gasteiger partial charge is 0.423 e. The van der Waals surface area contributed by atoms with Gasteiger partial charge in [-0.3, -0.25) is 4.68 Å². The van der Waals surface area contributed by atoms with E-state index in [0.717, 1.165) is 5.92 Å². The molecular weight excluding hydrogens is 216 g/mol. The summed E-state index contributed by atoms with van der Waals surface area (Å²) in [4.78, 5) is 0. The van der Waals surface area contributed by atoms with E-state index in [1.807, 2.05) is 24.7 Å². The van der Waals surface area contributed by atoms with Gasteiger partial charge in [0.25, 0.3) is 0 Å². The topological polar surface area (TPSA) is 56.7 Å². The maximum absolute atomic E-state index is 5.55. The molecule has 0 amide bonds. The van der Waals surface area contributed by atoms with Gasteiger partial charge in [-0.05, 0) is 24.3 Å². The Morgan fingerprint density at radius 1 is 1.41 bits per heavy atom. The van der Waals surface area contributed by atoms with Gasteiger partial charge in [0, 0.05) is 12.1 Å². The minimum Gasteiger partial charge on any atom is -0.423 e. The molecule has 1 saturated carbocycles. The molecule has 0 saturated heterocycles. The smallest absolute Gasteiger partial charge is 0.237 e.